The third-order valence-electron chi connectivity index (χ3n) is 3.06. The number of rotatable bonds is 5. The molecule has 1 nitrogen and oxygen atoms in total. The number of hydrogen-bond donors (Lipinski definition) is 0. The van der Waals surface area contributed by atoms with E-state index in [-0.39, 0.29) is 11.1 Å². The van der Waals surface area contributed by atoms with Gasteiger partial charge in [0, 0.05) is 0 Å². The second-order valence-electron chi connectivity index (χ2n) is 4.41. The molecule has 0 radical (unpaired) electrons. The monoisotopic (exact) mass is 296 g/mol. The van der Waals surface area contributed by atoms with Crippen LogP contribution < -0.4 is 4.74 Å². The number of alkyl halides is 3. The lowest BCUT2D eigenvalue weighted by atomic mass is 10.0. The average molecular weight is 297 g/mol. The normalized spacial score (nSPS) is 12.4. The molecule has 0 saturated carbocycles. The zero-order valence-electron chi connectivity index (χ0n) is 11.0. The Hall–Kier alpha value is -1.61. The number of halogens is 3. The SMILES string of the molecule is CCc1ccc(C(Cl)c2cccc(OC(F)F)c2)cc1. The predicted octanol–water partition coefficient (Wildman–Crippen LogP) is 5.18. The Labute approximate surface area is 122 Å². The zero-order chi connectivity index (χ0) is 14.5. The Morgan fingerprint density at radius 2 is 1.75 bits per heavy atom. The van der Waals surface area contributed by atoms with Crippen molar-refractivity contribution in [1.82, 2.24) is 0 Å². The van der Waals surface area contributed by atoms with Gasteiger partial charge in [-0.2, -0.15) is 8.78 Å². The smallest absolute Gasteiger partial charge is 0.387 e. The van der Waals surface area contributed by atoms with Crippen molar-refractivity contribution in [1.29, 1.82) is 0 Å². The highest BCUT2D eigenvalue weighted by Gasteiger charge is 2.12. The summed E-state index contributed by atoms with van der Waals surface area (Å²) in [5, 5.41) is -0.387. The first-order valence-electron chi connectivity index (χ1n) is 6.38. The summed E-state index contributed by atoms with van der Waals surface area (Å²) >= 11 is 6.39. The molecule has 2 aromatic rings. The van der Waals surface area contributed by atoms with Gasteiger partial charge in [-0.3, -0.25) is 0 Å². The summed E-state index contributed by atoms with van der Waals surface area (Å²) in [4.78, 5) is 0. The van der Waals surface area contributed by atoms with Crippen molar-refractivity contribution in [3.8, 4) is 5.75 Å². The quantitative estimate of drug-likeness (QED) is 0.691. The molecule has 0 bridgehead atoms. The van der Waals surface area contributed by atoms with E-state index in [0.29, 0.717) is 0 Å². The molecule has 0 N–H and O–H groups in total. The van der Waals surface area contributed by atoms with Gasteiger partial charge in [0.1, 0.15) is 5.75 Å². The van der Waals surface area contributed by atoms with Gasteiger partial charge < -0.3 is 4.74 Å². The Morgan fingerprint density at radius 1 is 1.05 bits per heavy atom. The van der Waals surface area contributed by atoms with Crippen molar-refractivity contribution in [3.63, 3.8) is 0 Å². The maximum atomic E-state index is 12.2. The van der Waals surface area contributed by atoms with Crippen LogP contribution in [-0.2, 0) is 6.42 Å². The van der Waals surface area contributed by atoms with E-state index >= 15 is 0 Å². The Kier molecular flexibility index (Phi) is 4.96. The molecule has 1 atom stereocenters. The molecule has 106 valence electrons. The van der Waals surface area contributed by atoms with Crippen LogP contribution in [0.4, 0.5) is 8.78 Å². The lowest BCUT2D eigenvalue weighted by Crippen LogP contribution is -2.02. The van der Waals surface area contributed by atoms with Gasteiger partial charge in [-0.25, -0.2) is 0 Å². The molecule has 0 aromatic heterocycles. The van der Waals surface area contributed by atoms with Crippen LogP contribution >= 0.6 is 11.6 Å². The largest absolute Gasteiger partial charge is 0.435 e. The molecule has 0 heterocycles. The third kappa shape index (κ3) is 3.70. The highest BCUT2D eigenvalue weighted by atomic mass is 35.5. The fraction of sp³-hybridized carbons (Fsp3) is 0.250. The maximum absolute atomic E-state index is 12.2. The maximum Gasteiger partial charge on any atom is 0.387 e. The van der Waals surface area contributed by atoms with E-state index in [1.165, 1.54) is 17.7 Å². The number of benzene rings is 2. The first-order valence-corrected chi connectivity index (χ1v) is 6.81. The molecule has 0 aliphatic heterocycles. The van der Waals surface area contributed by atoms with Crippen LogP contribution in [-0.4, -0.2) is 6.61 Å². The van der Waals surface area contributed by atoms with E-state index in [2.05, 4.69) is 11.7 Å². The lowest BCUT2D eigenvalue weighted by Gasteiger charge is -2.12. The van der Waals surface area contributed by atoms with E-state index in [1.807, 2.05) is 24.3 Å². The number of ether oxygens (including phenoxy) is 1. The molecule has 0 aliphatic rings. The Morgan fingerprint density at radius 3 is 2.35 bits per heavy atom. The van der Waals surface area contributed by atoms with Gasteiger partial charge in [-0.15, -0.1) is 11.6 Å². The van der Waals surface area contributed by atoms with Gasteiger partial charge in [0.25, 0.3) is 0 Å². The molecule has 0 fully saturated rings. The standard InChI is InChI=1S/C16H15ClF2O/c1-2-11-6-8-12(9-7-11)15(17)13-4-3-5-14(10-13)20-16(18)19/h3-10,15-16H,2H2,1H3. The van der Waals surface area contributed by atoms with Crippen molar-refractivity contribution in [2.75, 3.05) is 0 Å². The van der Waals surface area contributed by atoms with E-state index in [1.54, 1.807) is 12.1 Å². The molecule has 0 amide bonds. The van der Waals surface area contributed by atoms with Crippen LogP contribution in [0.2, 0.25) is 0 Å². The fourth-order valence-electron chi connectivity index (χ4n) is 1.96. The predicted molar refractivity (Wildman–Crippen MR) is 76.6 cm³/mol. The summed E-state index contributed by atoms with van der Waals surface area (Å²) < 4.78 is 28.8. The van der Waals surface area contributed by atoms with E-state index in [0.717, 1.165) is 17.5 Å². The molecule has 1 unspecified atom stereocenters. The van der Waals surface area contributed by atoms with E-state index in [4.69, 9.17) is 11.6 Å². The van der Waals surface area contributed by atoms with Crippen LogP contribution in [0.1, 0.15) is 29.0 Å². The molecule has 0 spiro atoms. The molecule has 2 rings (SSSR count). The molecule has 4 heteroatoms. The van der Waals surface area contributed by atoms with E-state index < -0.39 is 6.61 Å². The summed E-state index contributed by atoms with van der Waals surface area (Å²) in [6.45, 7) is -0.749. The minimum atomic E-state index is -2.83. The molecular weight excluding hydrogens is 282 g/mol. The molecule has 0 aliphatic carbocycles. The van der Waals surface area contributed by atoms with Crippen molar-refractivity contribution in [3.05, 3.63) is 65.2 Å². The summed E-state index contributed by atoms with van der Waals surface area (Å²) in [5.74, 6) is 0.119. The fourth-order valence-corrected chi connectivity index (χ4v) is 2.24. The van der Waals surface area contributed by atoms with Crippen LogP contribution in [0.25, 0.3) is 0 Å². The third-order valence-corrected chi connectivity index (χ3v) is 3.56. The summed E-state index contributed by atoms with van der Waals surface area (Å²) in [6.07, 6.45) is 0.963. The second-order valence-corrected chi connectivity index (χ2v) is 4.85. The average Bonchev–Trinajstić information content (AvgIpc) is 2.46. The highest BCUT2D eigenvalue weighted by Crippen LogP contribution is 2.31. The van der Waals surface area contributed by atoms with Crippen molar-refractivity contribution >= 4 is 11.6 Å². The first kappa shape index (κ1) is 14.8. The summed E-state index contributed by atoms with van der Waals surface area (Å²) in [7, 11) is 0. The second kappa shape index (κ2) is 6.71. The molecular formula is C16H15ClF2O. The van der Waals surface area contributed by atoms with Gasteiger partial charge in [0.05, 0.1) is 5.38 Å². The lowest BCUT2D eigenvalue weighted by molar-refractivity contribution is -0.0498. The Bertz CT molecular complexity index is 555. The van der Waals surface area contributed by atoms with Gasteiger partial charge in [-0.05, 0) is 35.2 Å². The van der Waals surface area contributed by atoms with Crippen LogP contribution in [0.15, 0.2) is 48.5 Å². The minimum Gasteiger partial charge on any atom is -0.435 e. The van der Waals surface area contributed by atoms with Gasteiger partial charge in [-0.1, -0.05) is 43.3 Å². The van der Waals surface area contributed by atoms with Crippen LogP contribution in [0.5, 0.6) is 5.75 Å². The number of aryl methyl sites for hydroxylation is 1. The van der Waals surface area contributed by atoms with Crippen LogP contribution in [0.3, 0.4) is 0 Å². The van der Waals surface area contributed by atoms with Gasteiger partial charge >= 0.3 is 6.61 Å². The summed E-state index contributed by atoms with van der Waals surface area (Å²) in [5.41, 5.74) is 2.89. The molecule has 0 saturated heterocycles. The van der Waals surface area contributed by atoms with Crippen molar-refractivity contribution in [2.24, 2.45) is 0 Å². The van der Waals surface area contributed by atoms with E-state index in [9.17, 15) is 8.78 Å². The van der Waals surface area contributed by atoms with Gasteiger partial charge in [0.2, 0.25) is 0 Å². The summed E-state index contributed by atoms with van der Waals surface area (Å²) in [6, 6.07) is 14.4. The number of hydrogen-bond acceptors (Lipinski definition) is 1. The van der Waals surface area contributed by atoms with Crippen molar-refractivity contribution in [2.45, 2.75) is 25.3 Å². The van der Waals surface area contributed by atoms with Crippen molar-refractivity contribution < 1.29 is 13.5 Å². The first-order chi connectivity index (χ1) is 9.60. The molecule has 20 heavy (non-hydrogen) atoms. The molecule has 2 aromatic carbocycles. The highest BCUT2D eigenvalue weighted by molar-refractivity contribution is 6.22. The van der Waals surface area contributed by atoms with Crippen LogP contribution in [0, 0.1) is 0 Å². The minimum absolute atomic E-state index is 0.119. The topological polar surface area (TPSA) is 9.23 Å². The Balaban J connectivity index is 2.20. The van der Waals surface area contributed by atoms with Gasteiger partial charge in [0.15, 0.2) is 0 Å². The zero-order valence-corrected chi connectivity index (χ0v) is 11.8.